The summed E-state index contributed by atoms with van der Waals surface area (Å²) < 4.78 is 33.7. The third kappa shape index (κ3) is 3.56. The lowest BCUT2D eigenvalue weighted by Gasteiger charge is -2.19. The summed E-state index contributed by atoms with van der Waals surface area (Å²) in [6.45, 7) is 5.56. The zero-order chi connectivity index (χ0) is 20.4. The van der Waals surface area contributed by atoms with E-state index < -0.39 is 0 Å². The Kier molecular flexibility index (Phi) is 5.45. The first-order chi connectivity index (χ1) is 14.2. The Morgan fingerprint density at radius 1 is 1.07 bits per heavy atom. The molecule has 2 aromatic carbocycles. The number of rotatable bonds is 6. The summed E-state index contributed by atoms with van der Waals surface area (Å²) in [5, 5.41) is 3.50. The molecule has 0 saturated heterocycles. The van der Waals surface area contributed by atoms with Crippen LogP contribution in [-0.4, -0.2) is 24.9 Å². The molecule has 5 nitrogen and oxygen atoms in total. The molecule has 3 aromatic rings. The van der Waals surface area contributed by atoms with Crippen LogP contribution in [0.4, 0.5) is 4.39 Å². The van der Waals surface area contributed by atoms with Gasteiger partial charge < -0.3 is 24.1 Å². The van der Waals surface area contributed by atoms with Crippen molar-refractivity contribution in [2.45, 2.75) is 26.4 Å². The normalized spacial score (nSPS) is 15.2. The molecule has 1 atom stereocenters. The first-order valence-electron chi connectivity index (χ1n) is 9.83. The van der Waals surface area contributed by atoms with Crippen molar-refractivity contribution in [1.29, 1.82) is 0 Å². The first kappa shape index (κ1) is 19.3. The minimum absolute atomic E-state index is 0.271. The topological polar surface area (TPSA) is 44.7 Å². The highest BCUT2D eigenvalue weighted by Crippen LogP contribution is 2.38. The zero-order valence-corrected chi connectivity index (χ0v) is 16.9. The van der Waals surface area contributed by atoms with Crippen LogP contribution >= 0.6 is 0 Å². The fourth-order valence-corrected chi connectivity index (χ4v) is 3.80. The van der Waals surface area contributed by atoms with E-state index >= 15 is 0 Å². The Morgan fingerprint density at radius 3 is 2.55 bits per heavy atom. The fraction of sp³-hybridized carbons (Fsp3) is 0.304. The number of nitrogens with zero attached hydrogens (tertiary/aromatic N) is 1. The summed E-state index contributed by atoms with van der Waals surface area (Å²) >= 11 is 0. The number of fused-ring (bicyclic) bond motifs is 3. The van der Waals surface area contributed by atoms with E-state index in [2.05, 4.69) is 9.88 Å². The van der Waals surface area contributed by atoms with Crippen molar-refractivity contribution in [3.8, 4) is 22.9 Å². The van der Waals surface area contributed by atoms with Gasteiger partial charge in [0.15, 0.2) is 11.5 Å². The average molecular weight is 396 g/mol. The molecule has 1 unspecified atom stereocenters. The van der Waals surface area contributed by atoms with E-state index in [4.69, 9.17) is 14.2 Å². The van der Waals surface area contributed by atoms with E-state index in [0.717, 1.165) is 22.7 Å². The molecular formula is C23H25FN2O3. The molecule has 0 radical (unpaired) electrons. The average Bonchev–Trinajstić information content (AvgIpc) is 3.15. The van der Waals surface area contributed by atoms with Crippen molar-refractivity contribution in [1.82, 2.24) is 9.88 Å². The molecule has 1 aliphatic rings. The predicted octanol–water partition coefficient (Wildman–Crippen LogP) is 4.62. The van der Waals surface area contributed by atoms with Gasteiger partial charge in [-0.1, -0.05) is 0 Å². The third-order valence-electron chi connectivity index (χ3n) is 5.09. The van der Waals surface area contributed by atoms with E-state index in [1.54, 1.807) is 19.2 Å². The van der Waals surface area contributed by atoms with Gasteiger partial charge in [0.25, 0.3) is 0 Å². The lowest BCUT2D eigenvalue weighted by molar-refractivity contribution is 0.287. The molecule has 152 valence electrons. The highest BCUT2D eigenvalue weighted by Gasteiger charge is 2.27. The standard InChI is InChI=1S/C23H25FN2O3/c1-4-28-21-11-15-14-25-23(17-12-16(27-3)8-9-18(17)24)19-7-6-10-26(19)20(15)13-22(21)29-5-2/h6-13,23,25H,4-5,14H2,1-3H3. The summed E-state index contributed by atoms with van der Waals surface area (Å²) in [6, 6.07) is 12.5. The third-order valence-corrected chi connectivity index (χ3v) is 5.09. The van der Waals surface area contributed by atoms with Gasteiger partial charge in [-0.05, 0) is 55.8 Å². The fourth-order valence-electron chi connectivity index (χ4n) is 3.80. The van der Waals surface area contributed by atoms with Gasteiger partial charge in [0.1, 0.15) is 11.6 Å². The van der Waals surface area contributed by atoms with Crippen molar-refractivity contribution in [3.63, 3.8) is 0 Å². The quantitative estimate of drug-likeness (QED) is 0.661. The number of hydrogen-bond donors (Lipinski definition) is 1. The maximum Gasteiger partial charge on any atom is 0.163 e. The van der Waals surface area contributed by atoms with E-state index in [9.17, 15) is 4.39 Å². The summed E-state index contributed by atoms with van der Waals surface area (Å²) in [5.74, 6) is 1.78. The molecular weight excluding hydrogens is 371 g/mol. The number of aromatic nitrogens is 1. The number of halogens is 1. The van der Waals surface area contributed by atoms with Crippen LogP contribution in [0, 0.1) is 5.82 Å². The second-order valence-electron chi connectivity index (χ2n) is 6.80. The monoisotopic (exact) mass is 396 g/mol. The van der Waals surface area contributed by atoms with Gasteiger partial charge in [-0.3, -0.25) is 0 Å². The largest absolute Gasteiger partial charge is 0.497 e. The first-order valence-corrected chi connectivity index (χ1v) is 9.83. The van der Waals surface area contributed by atoms with Gasteiger partial charge in [-0.2, -0.15) is 0 Å². The molecule has 1 aromatic heterocycles. The molecule has 0 bridgehead atoms. The number of methoxy groups -OCH3 is 1. The number of benzene rings is 2. The second-order valence-corrected chi connectivity index (χ2v) is 6.80. The number of ether oxygens (including phenoxy) is 3. The van der Waals surface area contributed by atoms with E-state index in [-0.39, 0.29) is 11.9 Å². The van der Waals surface area contributed by atoms with E-state index in [1.165, 1.54) is 6.07 Å². The number of hydrogen-bond acceptors (Lipinski definition) is 4. The summed E-state index contributed by atoms with van der Waals surface area (Å²) in [4.78, 5) is 0. The zero-order valence-electron chi connectivity index (χ0n) is 16.9. The molecule has 0 fully saturated rings. The lowest BCUT2D eigenvalue weighted by Crippen LogP contribution is -2.22. The maximum atomic E-state index is 14.7. The Morgan fingerprint density at radius 2 is 1.83 bits per heavy atom. The van der Waals surface area contributed by atoms with Crippen molar-refractivity contribution < 1.29 is 18.6 Å². The molecule has 0 saturated carbocycles. The van der Waals surface area contributed by atoms with Crippen LogP contribution in [-0.2, 0) is 6.54 Å². The van der Waals surface area contributed by atoms with Crippen LogP contribution in [0.25, 0.3) is 5.69 Å². The summed E-state index contributed by atoms with van der Waals surface area (Å²) in [6.07, 6.45) is 1.99. The summed E-state index contributed by atoms with van der Waals surface area (Å²) in [5.41, 5.74) is 3.55. The van der Waals surface area contributed by atoms with E-state index in [1.807, 2.05) is 44.3 Å². The molecule has 4 rings (SSSR count). The van der Waals surface area contributed by atoms with Crippen molar-refractivity contribution in [3.05, 3.63) is 71.3 Å². The van der Waals surface area contributed by atoms with Crippen LogP contribution in [0.1, 0.15) is 36.7 Å². The van der Waals surface area contributed by atoms with Crippen LogP contribution < -0.4 is 19.5 Å². The Labute approximate surface area is 170 Å². The van der Waals surface area contributed by atoms with Crippen molar-refractivity contribution in [2.24, 2.45) is 0 Å². The lowest BCUT2D eigenvalue weighted by atomic mass is 10.0. The van der Waals surface area contributed by atoms with Crippen LogP contribution in [0.3, 0.4) is 0 Å². The Hall–Kier alpha value is -2.99. The molecule has 1 N–H and O–H groups in total. The SMILES string of the molecule is CCOc1cc2c(cc1OCC)-n1cccc1C(c1cc(OC)ccc1F)NC2. The smallest absolute Gasteiger partial charge is 0.163 e. The van der Waals surface area contributed by atoms with E-state index in [0.29, 0.717) is 36.8 Å². The van der Waals surface area contributed by atoms with Gasteiger partial charge >= 0.3 is 0 Å². The van der Waals surface area contributed by atoms with Gasteiger partial charge in [0.2, 0.25) is 0 Å². The second kappa shape index (κ2) is 8.17. The molecule has 2 heterocycles. The molecule has 29 heavy (non-hydrogen) atoms. The van der Waals surface area contributed by atoms with Crippen LogP contribution in [0.2, 0.25) is 0 Å². The maximum absolute atomic E-state index is 14.7. The molecule has 0 aliphatic carbocycles. The predicted molar refractivity (Wildman–Crippen MR) is 110 cm³/mol. The minimum Gasteiger partial charge on any atom is -0.497 e. The highest BCUT2D eigenvalue weighted by molar-refractivity contribution is 5.56. The molecule has 0 spiro atoms. The van der Waals surface area contributed by atoms with Gasteiger partial charge in [0.05, 0.1) is 32.1 Å². The van der Waals surface area contributed by atoms with Gasteiger partial charge in [0, 0.05) is 30.1 Å². The van der Waals surface area contributed by atoms with Crippen LogP contribution in [0.5, 0.6) is 17.2 Å². The minimum atomic E-state index is -0.321. The molecule has 0 amide bonds. The molecule has 1 aliphatic heterocycles. The van der Waals surface area contributed by atoms with Gasteiger partial charge in [-0.25, -0.2) is 4.39 Å². The van der Waals surface area contributed by atoms with Crippen molar-refractivity contribution >= 4 is 0 Å². The van der Waals surface area contributed by atoms with Gasteiger partial charge in [-0.15, -0.1) is 0 Å². The number of nitrogens with one attached hydrogen (secondary N) is 1. The molecule has 6 heteroatoms. The Bertz CT molecular complexity index is 1020. The van der Waals surface area contributed by atoms with Crippen molar-refractivity contribution in [2.75, 3.05) is 20.3 Å². The Balaban J connectivity index is 1.83. The highest BCUT2D eigenvalue weighted by atomic mass is 19.1. The van der Waals surface area contributed by atoms with Crippen LogP contribution in [0.15, 0.2) is 48.7 Å². The summed E-state index contributed by atoms with van der Waals surface area (Å²) in [7, 11) is 1.58.